The lowest BCUT2D eigenvalue weighted by Gasteiger charge is -2.34. The van der Waals surface area contributed by atoms with Crippen LogP contribution in [-0.4, -0.2) is 50.1 Å². The minimum atomic E-state index is -0.515. The molecule has 1 fully saturated rings. The van der Waals surface area contributed by atoms with E-state index >= 15 is 0 Å². The lowest BCUT2D eigenvalue weighted by molar-refractivity contribution is -0.122. The molecule has 1 aliphatic rings. The Labute approximate surface area is 168 Å². The molecule has 1 N–H and O–H groups in total. The third-order valence-corrected chi connectivity index (χ3v) is 5.27. The lowest BCUT2D eigenvalue weighted by atomic mass is 10.1. The number of rotatable bonds is 6. The summed E-state index contributed by atoms with van der Waals surface area (Å²) in [7, 11) is 2.15. The molecule has 0 bridgehead atoms. The summed E-state index contributed by atoms with van der Waals surface area (Å²) in [5.74, 6) is 0.646. The minimum absolute atomic E-state index is 0.116. The Balaban J connectivity index is 1.60. The van der Waals surface area contributed by atoms with Crippen LogP contribution in [0.15, 0.2) is 42.5 Å². The molecule has 5 nitrogen and oxygen atoms in total. The highest BCUT2D eigenvalue weighted by Gasteiger charge is 2.20. The normalized spacial score (nSPS) is 15.9. The van der Waals surface area contributed by atoms with E-state index in [1.165, 1.54) is 11.3 Å². The summed E-state index contributed by atoms with van der Waals surface area (Å²) in [6.07, 6.45) is 0.0946. The number of anilines is 2. The summed E-state index contributed by atoms with van der Waals surface area (Å²) in [6, 6.07) is 14.1. The Kier molecular flexibility index (Phi) is 6.57. The maximum absolute atomic E-state index is 12.7. The van der Waals surface area contributed by atoms with Crippen molar-refractivity contribution in [2.24, 2.45) is 0 Å². The van der Waals surface area contributed by atoms with Gasteiger partial charge in [-0.3, -0.25) is 4.79 Å². The van der Waals surface area contributed by atoms with Gasteiger partial charge in [0.2, 0.25) is 0 Å². The summed E-state index contributed by atoms with van der Waals surface area (Å²) in [6.45, 7) is 10.2. The van der Waals surface area contributed by atoms with E-state index in [-0.39, 0.29) is 5.91 Å². The lowest BCUT2D eigenvalue weighted by Crippen LogP contribution is -2.44. The first kappa shape index (κ1) is 20.2. The molecule has 1 aliphatic heterocycles. The molecule has 1 amide bonds. The number of carbonyl (C=O) groups excluding carboxylic acids is 1. The molecule has 0 aromatic heterocycles. The molecule has 150 valence electrons. The zero-order valence-corrected chi connectivity index (χ0v) is 17.4. The van der Waals surface area contributed by atoms with Gasteiger partial charge in [0, 0.05) is 37.6 Å². The van der Waals surface area contributed by atoms with Gasteiger partial charge in [-0.2, -0.15) is 0 Å². The Bertz CT molecular complexity index is 796. The first-order valence-electron chi connectivity index (χ1n) is 10.0. The van der Waals surface area contributed by atoms with Crippen molar-refractivity contribution in [2.75, 3.05) is 43.4 Å². The number of nitrogens with zero attached hydrogens (tertiary/aromatic N) is 2. The van der Waals surface area contributed by atoms with Gasteiger partial charge in [0.1, 0.15) is 5.75 Å². The van der Waals surface area contributed by atoms with E-state index in [2.05, 4.69) is 40.4 Å². The molecular formula is C23H31N3O2. The first-order chi connectivity index (χ1) is 13.5. The highest BCUT2D eigenvalue weighted by atomic mass is 16.5. The van der Waals surface area contributed by atoms with Crippen molar-refractivity contribution in [1.82, 2.24) is 4.90 Å². The van der Waals surface area contributed by atoms with Crippen molar-refractivity contribution in [2.45, 2.75) is 33.3 Å². The first-order valence-corrected chi connectivity index (χ1v) is 10.0. The van der Waals surface area contributed by atoms with Gasteiger partial charge in [-0.05, 0) is 63.2 Å². The van der Waals surface area contributed by atoms with E-state index in [4.69, 9.17) is 4.74 Å². The minimum Gasteiger partial charge on any atom is -0.480 e. The van der Waals surface area contributed by atoms with Crippen LogP contribution in [0, 0.1) is 13.8 Å². The number of ether oxygens (including phenoxy) is 1. The number of likely N-dealkylation sites (N-methyl/N-ethyl adjacent to an activating group) is 1. The summed E-state index contributed by atoms with van der Waals surface area (Å²) < 4.78 is 5.99. The topological polar surface area (TPSA) is 44.8 Å². The second kappa shape index (κ2) is 9.11. The van der Waals surface area contributed by atoms with Crippen molar-refractivity contribution >= 4 is 17.3 Å². The maximum atomic E-state index is 12.7. The second-order valence-corrected chi connectivity index (χ2v) is 7.61. The zero-order valence-electron chi connectivity index (χ0n) is 17.4. The fourth-order valence-corrected chi connectivity index (χ4v) is 3.45. The summed E-state index contributed by atoms with van der Waals surface area (Å²) in [5.41, 5.74) is 4.22. The van der Waals surface area contributed by atoms with Gasteiger partial charge in [0.15, 0.2) is 6.10 Å². The van der Waals surface area contributed by atoms with Crippen LogP contribution in [0.1, 0.15) is 24.5 Å². The van der Waals surface area contributed by atoms with E-state index in [0.29, 0.717) is 6.42 Å². The Morgan fingerprint density at radius 1 is 1.07 bits per heavy atom. The van der Waals surface area contributed by atoms with E-state index < -0.39 is 6.10 Å². The summed E-state index contributed by atoms with van der Waals surface area (Å²) in [5, 5.41) is 2.99. The number of carbonyl (C=O) groups is 1. The molecule has 0 saturated carbocycles. The van der Waals surface area contributed by atoms with E-state index in [1.54, 1.807) is 0 Å². The Morgan fingerprint density at radius 2 is 1.75 bits per heavy atom. The number of benzene rings is 2. The standard InChI is InChI=1S/C23H31N3O2/c1-5-21(28-22-11-6-17(2)16-18(22)3)23(27)24-19-7-9-20(10-8-19)26-14-12-25(4)13-15-26/h6-11,16,21H,5,12-15H2,1-4H3,(H,24,27)/t21-/m0/s1. The predicted octanol–water partition coefficient (Wildman–Crippen LogP) is 3.85. The van der Waals surface area contributed by atoms with Crippen molar-refractivity contribution in [3.63, 3.8) is 0 Å². The number of hydrogen-bond acceptors (Lipinski definition) is 4. The molecule has 0 radical (unpaired) electrons. The average Bonchev–Trinajstić information content (AvgIpc) is 2.68. The van der Waals surface area contributed by atoms with Crippen LogP contribution in [0.4, 0.5) is 11.4 Å². The van der Waals surface area contributed by atoms with Gasteiger partial charge in [-0.25, -0.2) is 0 Å². The third-order valence-electron chi connectivity index (χ3n) is 5.27. The molecule has 0 spiro atoms. The van der Waals surface area contributed by atoms with Crippen LogP contribution < -0.4 is 15.0 Å². The molecule has 0 aliphatic carbocycles. The van der Waals surface area contributed by atoms with Gasteiger partial charge < -0.3 is 19.9 Å². The molecule has 2 aromatic carbocycles. The molecular weight excluding hydrogens is 350 g/mol. The Morgan fingerprint density at radius 3 is 2.36 bits per heavy atom. The van der Waals surface area contributed by atoms with Crippen LogP contribution >= 0.6 is 0 Å². The zero-order chi connectivity index (χ0) is 20.1. The number of aryl methyl sites for hydroxylation is 2. The van der Waals surface area contributed by atoms with Crippen molar-refractivity contribution < 1.29 is 9.53 Å². The van der Waals surface area contributed by atoms with Crippen LogP contribution in [0.25, 0.3) is 0 Å². The maximum Gasteiger partial charge on any atom is 0.265 e. The van der Waals surface area contributed by atoms with Gasteiger partial charge in [0.25, 0.3) is 5.91 Å². The number of amides is 1. The van der Waals surface area contributed by atoms with Crippen LogP contribution in [0.2, 0.25) is 0 Å². The quantitative estimate of drug-likeness (QED) is 0.825. The van der Waals surface area contributed by atoms with Crippen LogP contribution in [0.3, 0.4) is 0 Å². The highest BCUT2D eigenvalue weighted by Crippen LogP contribution is 2.22. The number of nitrogens with one attached hydrogen (secondary N) is 1. The van der Waals surface area contributed by atoms with E-state index in [9.17, 15) is 4.79 Å². The molecule has 0 unspecified atom stereocenters. The molecule has 1 atom stereocenters. The molecule has 1 saturated heterocycles. The van der Waals surface area contributed by atoms with Crippen molar-refractivity contribution in [1.29, 1.82) is 0 Å². The fourth-order valence-electron chi connectivity index (χ4n) is 3.45. The third kappa shape index (κ3) is 5.04. The SMILES string of the molecule is CC[C@H](Oc1ccc(C)cc1C)C(=O)Nc1ccc(N2CCN(C)CC2)cc1. The molecule has 3 rings (SSSR count). The van der Waals surface area contributed by atoms with Crippen molar-refractivity contribution in [3.8, 4) is 5.75 Å². The fraction of sp³-hybridized carbons (Fsp3) is 0.435. The van der Waals surface area contributed by atoms with Gasteiger partial charge in [-0.15, -0.1) is 0 Å². The molecule has 1 heterocycles. The Hall–Kier alpha value is -2.53. The van der Waals surface area contributed by atoms with Gasteiger partial charge >= 0.3 is 0 Å². The van der Waals surface area contributed by atoms with Crippen LogP contribution in [0.5, 0.6) is 5.75 Å². The smallest absolute Gasteiger partial charge is 0.265 e. The summed E-state index contributed by atoms with van der Waals surface area (Å²) >= 11 is 0. The number of hydrogen-bond donors (Lipinski definition) is 1. The monoisotopic (exact) mass is 381 g/mol. The second-order valence-electron chi connectivity index (χ2n) is 7.61. The summed E-state index contributed by atoms with van der Waals surface area (Å²) in [4.78, 5) is 17.4. The molecule has 28 heavy (non-hydrogen) atoms. The van der Waals surface area contributed by atoms with Crippen LogP contribution in [-0.2, 0) is 4.79 Å². The molecule has 5 heteroatoms. The largest absolute Gasteiger partial charge is 0.480 e. The average molecular weight is 382 g/mol. The van der Waals surface area contributed by atoms with E-state index in [0.717, 1.165) is 43.2 Å². The van der Waals surface area contributed by atoms with Gasteiger partial charge in [0.05, 0.1) is 0 Å². The predicted molar refractivity (Wildman–Crippen MR) is 115 cm³/mol. The number of piperazine rings is 1. The van der Waals surface area contributed by atoms with Crippen molar-refractivity contribution in [3.05, 3.63) is 53.6 Å². The van der Waals surface area contributed by atoms with E-state index in [1.807, 2.05) is 45.0 Å². The highest BCUT2D eigenvalue weighted by molar-refractivity contribution is 5.94. The van der Waals surface area contributed by atoms with Gasteiger partial charge in [-0.1, -0.05) is 24.6 Å². The molecule has 2 aromatic rings.